The molecule has 5 nitrogen and oxygen atoms in total. The van der Waals surface area contributed by atoms with Gasteiger partial charge in [0.05, 0.1) is 6.26 Å². The third-order valence-electron chi connectivity index (χ3n) is 4.01. The number of hydrogen-bond donors (Lipinski definition) is 2. The van der Waals surface area contributed by atoms with E-state index in [0.29, 0.717) is 12.8 Å². The third-order valence-corrected chi connectivity index (χ3v) is 4.01. The molecule has 1 rings (SSSR count). The van der Waals surface area contributed by atoms with Gasteiger partial charge in [0.15, 0.2) is 0 Å². The van der Waals surface area contributed by atoms with Crippen molar-refractivity contribution in [2.45, 2.75) is 71.3 Å². The molecule has 0 saturated heterocycles. The molecule has 0 aliphatic rings. The minimum absolute atomic E-state index is 0.144. The second-order valence-electron chi connectivity index (χ2n) is 6.40. The molecule has 1 amide bonds. The summed E-state index contributed by atoms with van der Waals surface area (Å²) in [5, 5.41) is 12.2. The van der Waals surface area contributed by atoms with Gasteiger partial charge < -0.3 is 15.2 Å². The molecule has 0 aliphatic carbocycles. The van der Waals surface area contributed by atoms with Gasteiger partial charge in [0.2, 0.25) is 5.91 Å². The van der Waals surface area contributed by atoms with Crippen molar-refractivity contribution in [3.05, 3.63) is 42.2 Å². The molecule has 0 saturated carbocycles. The first-order chi connectivity index (χ1) is 12.6. The maximum atomic E-state index is 12.4. The first-order valence-corrected chi connectivity index (χ1v) is 9.49. The van der Waals surface area contributed by atoms with E-state index in [4.69, 9.17) is 4.74 Å². The molecule has 0 radical (unpaired) electrons. The van der Waals surface area contributed by atoms with Gasteiger partial charge >= 0.3 is 5.97 Å². The number of ether oxygens (including phenoxy) is 1. The van der Waals surface area contributed by atoms with E-state index >= 15 is 0 Å². The third kappa shape index (κ3) is 9.25. The second-order valence-corrected chi connectivity index (χ2v) is 6.40. The molecular formula is C21H31NO4. The minimum Gasteiger partial charge on any atom is -0.508 e. The summed E-state index contributed by atoms with van der Waals surface area (Å²) in [6.07, 6.45) is 9.76. The molecule has 0 aliphatic heterocycles. The van der Waals surface area contributed by atoms with E-state index in [2.05, 4.69) is 19.2 Å². The van der Waals surface area contributed by atoms with Crippen molar-refractivity contribution in [2.24, 2.45) is 0 Å². The van der Waals surface area contributed by atoms with Gasteiger partial charge in [-0.15, -0.1) is 0 Å². The van der Waals surface area contributed by atoms with Crippen LogP contribution in [0.4, 0.5) is 0 Å². The summed E-state index contributed by atoms with van der Waals surface area (Å²) in [5.41, 5.74) is 0.841. The average Bonchev–Trinajstić information content (AvgIpc) is 2.63. The Morgan fingerprint density at radius 1 is 1.12 bits per heavy atom. The number of phenolic OH excluding ortho intramolecular Hbond substituents is 1. The van der Waals surface area contributed by atoms with Crippen molar-refractivity contribution in [1.29, 1.82) is 0 Å². The van der Waals surface area contributed by atoms with E-state index in [1.807, 2.05) is 6.08 Å². The Bertz CT molecular complexity index is 566. The highest BCUT2D eigenvalue weighted by Gasteiger charge is 2.22. The molecular weight excluding hydrogens is 330 g/mol. The predicted octanol–water partition coefficient (Wildman–Crippen LogP) is 4.25. The lowest BCUT2D eigenvalue weighted by Crippen LogP contribution is -2.42. The van der Waals surface area contributed by atoms with Crippen LogP contribution in [0.1, 0.15) is 64.4 Å². The van der Waals surface area contributed by atoms with E-state index < -0.39 is 12.0 Å². The Balaban J connectivity index is 2.66. The van der Waals surface area contributed by atoms with E-state index in [9.17, 15) is 14.7 Å². The van der Waals surface area contributed by atoms with Crippen LogP contribution in [0.3, 0.4) is 0 Å². The zero-order chi connectivity index (χ0) is 19.2. The maximum absolute atomic E-state index is 12.4. The lowest BCUT2D eigenvalue weighted by Gasteiger charge is -2.17. The number of allylic oxidation sites excluding steroid dienone is 1. The van der Waals surface area contributed by atoms with Crippen molar-refractivity contribution in [1.82, 2.24) is 5.32 Å². The molecule has 0 heterocycles. The molecule has 5 heteroatoms. The number of benzene rings is 1. The number of amides is 1. The number of rotatable bonds is 12. The Kier molecular flexibility index (Phi) is 10.9. The number of nitrogens with one attached hydrogen (secondary N) is 1. The van der Waals surface area contributed by atoms with Gasteiger partial charge in [-0.25, -0.2) is 4.79 Å². The van der Waals surface area contributed by atoms with Gasteiger partial charge in [-0.1, -0.05) is 45.2 Å². The van der Waals surface area contributed by atoms with Crippen LogP contribution in [0.15, 0.2) is 36.6 Å². The quantitative estimate of drug-likeness (QED) is 0.332. The number of carbonyl (C=O) groups excluding carboxylic acids is 2. The van der Waals surface area contributed by atoms with Crippen molar-refractivity contribution >= 4 is 11.9 Å². The Hall–Kier alpha value is -2.30. The molecule has 0 unspecified atom stereocenters. The van der Waals surface area contributed by atoms with E-state index in [-0.39, 0.29) is 11.7 Å². The molecule has 0 bridgehead atoms. The van der Waals surface area contributed by atoms with E-state index in [0.717, 1.165) is 44.1 Å². The summed E-state index contributed by atoms with van der Waals surface area (Å²) < 4.78 is 5.19. The summed E-state index contributed by atoms with van der Waals surface area (Å²) in [6, 6.07) is 5.84. The SMILES string of the molecule is CCCCC=COC(=O)[C@H](Cc1ccc(O)cc1)NC(=O)CCCCC. The largest absolute Gasteiger partial charge is 0.508 e. The molecule has 26 heavy (non-hydrogen) atoms. The summed E-state index contributed by atoms with van der Waals surface area (Å²) >= 11 is 0. The molecule has 0 fully saturated rings. The highest BCUT2D eigenvalue weighted by Crippen LogP contribution is 2.12. The summed E-state index contributed by atoms with van der Waals surface area (Å²) in [4.78, 5) is 24.5. The number of hydrogen-bond acceptors (Lipinski definition) is 4. The van der Waals surface area contributed by atoms with Crippen LogP contribution in [0.5, 0.6) is 5.75 Å². The number of esters is 1. The van der Waals surface area contributed by atoms with Crippen LogP contribution in [-0.2, 0) is 20.7 Å². The Morgan fingerprint density at radius 2 is 1.81 bits per heavy atom. The van der Waals surface area contributed by atoms with E-state index in [1.54, 1.807) is 24.3 Å². The van der Waals surface area contributed by atoms with Gasteiger partial charge in [-0.3, -0.25) is 4.79 Å². The predicted molar refractivity (Wildman–Crippen MR) is 103 cm³/mol. The first-order valence-electron chi connectivity index (χ1n) is 9.49. The number of unbranched alkanes of at least 4 members (excludes halogenated alkanes) is 4. The molecule has 144 valence electrons. The molecule has 1 aromatic rings. The van der Waals surface area contributed by atoms with Crippen LogP contribution in [0, 0.1) is 0 Å². The van der Waals surface area contributed by atoms with Crippen molar-refractivity contribution in [3.63, 3.8) is 0 Å². The maximum Gasteiger partial charge on any atom is 0.333 e. The standard InChI is InChI=1S/C21H31NO4/c1-3-5-7-9-15-26-21(25)19(22-20(24)10-8-6-4-2)16-17-11-13-18(23)14-12-17/h9,11-15,19,23H,3-8,10,16H2,1-2H3,(H,22,24)/t19-/m0/s1. The zero-order valence-corrected chi connectivity index (χ0v) is 15.9. The summed E-state index contributed by atoms with van der Waals surface area (Å²) in [7, 11) is 0. The van der Waals surface area contributed by atoms with Crippen LogP contribution in [0.2, 0.25) is 0 Å². The fourth-order valence-corrected chi connectivity index (χ4v) is 2.45. The number of aromatic hydroxyl groups is 1. The Labute approximate surface area is 156 Å². The fourth-order valence-electron chi connectivity index (χ4n) is 2.45. The fraction of sp³-hybridized carbons (Fsp3) is 0.524. The monoisotopic (exact) mass is 361 g/mol. The molecule has 0 aromatic heterocycles. The highest BCUT2D eigenvalue weighted by molar-refractivity contribution is 5.84. The van der Waals surface area contributed by atoms with Crippen LogP contribution >= 0.6 is 0 Å². The van der Waals surface area contributed by atoms with Gasteiger partial charge in [-0.2, -0.15) is 0 Å². The van der Waals surface area contributed by atoms with Crippen LogP contribution < -0.4 is 5.32 Å². The molecule has 1 atom stereocenters. The molecule has 1 aromatic carbocycles. The van der Waals surface area contributed by atoms with Crippen LogP contribution in [-0.4, -0.2) is 23.0 Å². The van der Waals surface area contributed by atoms with Crippen molar-refractivity contribution in [2.75, 3.05) is 0 Å². The average molecular weight is 361 g/mol. The topological polar surface area (TPSA) is 75.6 Å². The lowest BCUT2D eigenvalue weighted by molar-refractivity contribution is -0.142. The second kappa shape index (κ2) is 13.0. The first kappa shape index (κ1) is 21.7. The van der Waals surface area contributed by atoms with Gasteiger partial charge in [0.25, 0.3) is 0 Å². The van der Waals surface area contributed by atoms with Crippen molar-refractivity contribution < 1.29 is 19.4 Å². The smallest absolute Gasteiger partial charge is 0.333 e. The highest BCUT2D eigenvalue weighted by atomic mass is 16.5. The molecule has 2 N–H and O–H groups in total. The number of phenols is 1. The van der Waals surface area contributed by atoms with Gasteiger partial charge in [0, 0.05) is 12.8 Å². The zero-order valence-electron chi connectivity index (χ0n) is 15.9. The Morgan fingerprint density at radius 3 is 2.46 bits per heavy atom. The summed E-state index contributed by atoms with van der Waals surface area (Å²) in [5.74, 6) is -0.459. The molecule has 0 spiro atoms. The normalized spacial score (nSPS) is 12.1. The van der Waals surface area contributed by atoms with Gasteiger partial charge in [0.1, 0.15) is 11.8 Å². The van der Waals surface area contributed by atoms with E-state index in [1.165, 1.54) is 6.26 Å². The minimum atomic E-state index is -0.746. The van der Waals surface area contributed by atoms with Crippen molar-refractivity contribution in [3.8, 4) is 5.75 Å². The number of carbonyl (C=O) groups is 2. The van der Waals surface area contributed by atoms with Crippen LogP contribution in [0.25, 0.3) is 0 Å². The summed E-state index contributed by atoms with van der Waals surface area (Å²) in [6.45, 7) is 4.18. The van der Waals surface area contributed by atoms with Gasteiger partial charge in [-0.05, 0) is 43.0 Å². The lowest BCUT2D eigenvalue weighted by atomic mass is 10.1.